The second-order valence-corrected chi connectivity index (χ2v) is 5.47. The molecule has 1 aliphatic heterocycles. The fraction of sp³-hybridized carbons (Fsp3) is 0.412. The number of nitrogens with zero attached hydrogens (tertiary/aromatic N) is 2. The zero-order valence-corrected chi connectivity index (χ0v) is 13.4. The quantitative estimate of drug-likeness (QED) is 0.357. The van der Waals surface area contributed by atoms with Gasteiger partial charge in [-0.05, 0) is 37.5 Å². The summed E-state index contributed by atoms with van der Waals surface area (Å²) in [7, 11) is 0. The van der Waals surface area contributed by atoms with E-state index in [0.717, 1.165) is 6.42 Å². The molecule has 7 nitrogen and oxygen atoms in total. The third-order valence-corrected chi connectivity index (χ3v) is 3.78. The number of hydrogen-bond acceptors (Lipinski definition) is 5. The highest BCUT2D eigenvalue weighted by atomic mass is 16.6. The summed E-state index contributed by atoms with van der Waals surface area (Å²) in [6.07, 6.45) is 4.35. The van der Waals surface area contributed by atoms with Crippen LogP contribution in [-0.2, 0) is 14.3 Å². The van der Waals surface area contributed by atoms with Gasteiger partial charge in [-0.15, -0.1) is 0 Å². The van der Waals surface area contributed by atoms with Crippen LogP contribution in [0.1, 0.15) is 25.3 Å². The number of esters is 1. The minimum Gasteiger partial charge on any atom is -0.466 e. The van der Waals surface area contributed by atoms with Crippen LogP contribution in [-0.4, -0.2) is 41.4 Å². The Morgan fingerprint density at radius 3 is 3.04 bits per heavy atom. The minimum atomic E-state index is -0.534. The molecule has 1 aliphatic rings. The van der Waals surface area contributed by atoms with Crippen molar-refractivity contribution in [1.29, 1.82) is 0 Å². The number of nitro benzene ring substituents is 1. The average Bonchev–Trinajstić information content (AvgIpc) is 2.60. The topological polar surface area (TPSA) is 89.8 Å². The van der Waals surface area contributed by atoms with Crippen LogP contribution in [0.5, 0.6) is 0 Å². The summed E-state index contributed by atoms with van der Waals surface area (Å²) in [5.74, 6) is -0.781. The van der Waals surface area contributed by atoms with Crippen LogP contribution in [0.25, 0.3) is 6.08 Å². The molecule has 24 heavy (non-hydrogen) atoms. The lowest BCUT2D eigenvalue weighted by molar-refractivity contribution is -0.385. The fourth-order valence-electron chi connectivity index (χ4n) is 2.58. The van der Waals surface area contributed by atoms with Crippen LogP contribution < -0.4 is 0 Å². The van der Waals surface area contributed by atoms with Gasteiger partial charge in [-0.1, -0.05) is 6.07 Å². The molecule has 1 amide bonds. The molecule has 1 saturated heterocycles. The zero-order valence-electron chi connectivity index (χ0n) is 13.4. The van der Waals surface area contributed by atoms with Crippen molar-refractivity contribution in [3.8, 4) is 0 Å². The van der Waals surface area contributed by atoms with Crippen LogP contribution in [0.15, 0.2) is 24.3 Å². The average molecular weight is 331 g/mol. The molecule has 0 N–H and O–H groups in total. The number of benzene rings is 1. The second-order valence-electron chi connectivity index (χ2n) is 5.47. The highest BCUT2D eigenvalue weighted by molar-refractivity contribution is 5.92. The molecule has 1 atom stereocenters. The summed E-state index contributed by atoms with van der Waals surface area (Å²) in [6, 6.07) is 6.94. The van der Waals surface area contributed by atoms with E-state index in [1.165, 1.54) is 24.3 Å². The lowest BCUT2D eigenvalue weighted by Crippen LogP contribution is -2.42. The number of rotatable bonds is 5. The van der Waals surface area contributed by atoms with E-state index in [1.807, 2.05) is 0 Å². The Balaban J connectivity index is 1.99. The van der Waals surface area contributed by atoms with Crippen LogP contribution >= 0.6 is 0 Å². The molecular weight excluding hydrogens is 312 g/mol. The van der Waals surface area contributed by atoms with E-state index in [9.17, 15) is 19.7 Å². The number of piperidine rings is 1. The van der Waals surface area contributed by atoms with Crippen molar-refractivity contribution < 1.29 is 19.2 Å². The highest BCUT2D eigenvalue weighted by Crippen LogP contribution is 2.19. The van der Waals surface area contributed by atoms with Crippen LogP contribution in [0, 0.1) is 22.1 Å². The summed E-state index contributed by atoms with van der Waals surface area (Å²) in [6.45, 7) is 3.00. The summed E-state index contributed by atoms with van der Waals surface area (Å²) >= 11 is 0. The van der Waals surface area contributed by atoms with Crippen molar-refractivity contribution in [2.75, 3.05) is 19.7 Å². The van der Waals surface area contributed by atoms with Crippen molar-refractivity contribution in [2.45, 2.75) is 19.8 Å². The van der Waals surface area contributed by atoms with Gasteiger partial charge >= 0.3 is 5.97 Å². The number of amides is 1. The smallest absolute Gasteiger partial charge is 0.310 e. The first-order valence-corrected chi connectivity index (χ1v) is 7.81. The number of ether oxygens (including phenoxy) is 1. The Morgan fingerprint density at radius 2 is 2.33 bits per heavy atom. The summed E-state index contributed by atoms with van der Waals surface area (Å²) < 4.78 is 5.01. The lowest BCUT2D eigenvalue weighted by Gasteiger charge is -2.30. The first kappa shape index (κ1) is 17.7. The van der Waals surface area contributed by atoms with Crippen molar-refractivity contribution in [1.82, 2.24) is 4.90 Å². The standard InChI is InChI=1S/C17H19N2O5/c1-2-24-17(21)14-6-4-10-18(12-14)16(20)9-8-13-5-3-7-15(11-13)19(22)23/h3,5,8-9,11,14H,2,4,6,10,12H2,1H3/b9-8+. The molecule has 0 aromatic heterocycles. The van der Waals surface area contributed by atoms with Gasteiger partial charge in [0.2, 0.25) is 5.91 Å². The van der Waals surface area contributed by atoms with E-state index in [1.54, 1.807) is 17.9 Å². The molecule has 7 heteroatoms. The van der Waals surface area contributed by atoms with Gasteiger partial charge in [0, 0.05) is 25.2 Å². The van der Waals surface area contributed by atoms with Crippen molar-refractivity contribution in [3.05, 3.63) is 46.0 Å². The molecule has 127 valence electrons. The Labute approximate surface area is 140 Å². The van der Waals surface area contributed by atoms with Gasteiger partial charge in [-0.25, -0.2) is 0 Å². The Hall–Kier alpha value is -2.70. The molecule has 0 saturated carbocycles. The molecule has 2 rings (SSSR count). The van der Waals surface area contributed by atoms with Crippen molar-refractivity contribution in [3.63, 3.8) is 0 Å². The molecule has 1 aromatic carbocycles. The molecule has 1 aromatic rings. The third-order valence-electron chi connectivity index (χ3n) is 3.78. The van der Waals surface area contributed by atoms with Crippen molar-refractivity contribution >= 4 is 23.6 Å². The summed E-state index contributed by atoms with van der Waals surface area (Å²) in [5, 5.41) is 10.7. The molecule has 1 fully saturated rings. The van der Waals surface area contributed by atoms with E-state index in [2.05, 4.69) is 6.07 Å². The van der Waals surface area contributed by atoms with E-state index in [-0.39, 0.29) is 23.5 Å². The summed E-state index contributed by atoms with van der Waals surface area (Å²) in [4.78, 5) is 35.9. The minimum absolute atomic E-state index is 0.148. The molecule has 1 heterocycles. The van der Waals surface area contributed by atoms with Crippen molar-refractivity contribution in [2.24, 2.45) is 5.92 Å². The normalized spacial score (nSPS) is 17.7. The maximum Gasteiger partial charge on any atom is 0.310 e. The zero-order chi connectivity index (χ0) is 17.5. The van der Waals surface area contributed by atoms with Gasteiger partial charge in [0.1, 0.15) is 0 Å². The van der Waals surface area contributed by atoms with E-state index < -0.39 is 4.92 Å². The summed E-state index contributed by atoms with van der Waals surface area (Å²) in [5.41, 5.74) is 0.401. The maximum absolute atomic E-state index is 12.3. The van der Waals surface area contributed by atoms with Gasteiger partial charge in [-0.3, -0.25) is 19.7 Å². The first-order chi connectivity index (χ1) is 11.5. The van der Waals surface area contributed by atoms with Gasteiger partial charge in [0.05, 0.1) is 23.5 Å². The molecule has 1 radical (unpaired) electrons. The molecular formula is C17H19N2O5. The Bertz CT molecular complexity index is 656. The van der Waals surface area contributed by atoms with Gasteiger partial charge in [0.25, 0.3) is 5.69 Å². The van der Waals surface area contributed by atoms with Crippen LogP contribution in [0.2, 0.25) is 0 Å². The molecule has 1 unspecified atom stereocenters. The van der Waals surface area contributed by atoms with Crippen LogP contribution in [0.4, 0.5) is 5.69 Å². The van der Waals surface area contributed by atoms with E-state index >= 15 is 0 Å². The Morgan fingerprint density at radius 1 is 1.54 bits per heavy atom. The lowest BCUT2D eigenvalue weighted by atomic mass is 9.98. The molecule has 0 bridgehead atoms. The third kappa shape index (κ3) is 4.65. The SMILES string of the molecule is CCOC(=O)C1CCCN(C(=O)/C=C/c2cc[c]c([N+](=O)[O-])c2)C1. The number of carbonyl (C=O) groups is 2. The maximum atomic E-state index is 12.3. The monoisotopic (exact) mass is 331 g/mol. The van der Waals surface area contributed by atoms with E-state index in [4.69, 9.17) is 4.74 Å². The fourth-order valence-corrected chi connectivity index (χ4v) is 2.58. The van der Waals surface area contributed by atoms with Gasteiger partial charge in [-0.2, -0.15) is 0 Å². The predicted octanol–water partition coefficient (Wildman–Crippen LogP) is 2.21. The number of carbonyl (C=O) groups excluding carboxylic acids is 2. The molecule has 0 aliphatic carbocycles. The first-order valence-electron chi connectivity index (χ1n) is 7.81. The van der Waals surface area contributed by atoms with Gasteiger partial charge < -0.3 is 9.64 Å². The number of nitro groups is 1. The van der Waals surface area contributed by atoms with Crippen LogP contribution in [0.3, 0.4) is 0 Å². The number of likely N-dealkylation sites (tertiary alicyclic amines) is 1. The second kappa shape index (κ2) is 8.24. The Kier molecular flexibility index (Phi) is 6.06. The highest BCUT2D eigenvalue weighted by Gasteiger charge is 2.28. The van der Waals surface area contributed by atoms with E-state index in [0.29, 0.717) is 31.7 Å². The van der Waals surface area contributed by atoms with Gasteiger partial charge in [0.15, 0.2) is 0 Å². The predicted molar refractivity (Wildman–Crippen MR) is 86.9 cm³/mol. The largest absolute Gasteiger partial charge is 0.466 e. The number of non-ortho nitro benzene ring substituents is 1. The number of hydrogen-bond donors (Lipinski definition) is 0. The molecule has 0 spiro atoms.